The minimum Gasteiger partial charge on any atom is -0.465 e. The number of rotatable bonds is 4. The Bertz CT molecular complexity index is 813. The molecule has 0 unspecified atom stereocenters. The number of nitrogens with zero attached hydrogens (tertiary/aromatic N) is 3. The van der Waals surface area contributed by atoms with Crippen molar-refractivity contribution in [3.05, 3.63) is 42.2 Å². The van der Waals surface area contributed by atoms with Gasteiger partial charge in [-0.15, -0.1) is 0 Å². The van der Waals surface area contributed by atoms with Crippen LogP contribution in [0.3, 0.4) is 0 Å². The molecule has 8 nitrogen and oxygen atoms in total. The van der Waals surface area contributed by atoms with Crippen LogP contribution in [0.5, 0.6) is 0 Å². The first kappa shape index (κ1) is 17.7. The predicted octanol–water partition coefficient (Wildman–Crippen LogP) is 2.35. The number of carbonyl (C=O) groups is 1. The normalized spacial score (nSPS) is 18.5. The van der Waals surface area contributed by atoms with Gasteiger partial charge in [0.1, 0.15) is 18.0 Å². The number of piperidine rings is 1. The highest BCUT2D eigenvalue weighted by atomic mass is 16.7. The van der Waals surface area contributed by atoms with Gasteiger partial charge in [-0.1, -0.05) is 12.1 Å². The molecule has 0 atom stereocenters. The Morgan fingerprint density at radius 2 is 1.93 bits per heavy atom. The molecule has 0 aliphatic carbocycles. The lowest BCUT2D eigenvalue weighted by Crippen LogP contribution is -2.45. The van der Waals surface area contributed by atoms with Crippen molar-refractivity contribution in [1.82, 2.24) is 9.97 Å². The van der Waals surface area contributed by atoms with Gasteiger partial charge in [-0.3, -0.25) is 0 Å². The maximum Gasteiger partial charge on any atom is 0.339 e. The second kappa shape index (κ2) is 7.50. The van der Waals surface area contributed by atoms with E-state index in [2.05, 4.69) is 20.2 Å². The summed E-state index contributed by atoms with van der Waals surface area (Å²) in [6, 6.07) is 9.04. The quantitative estimate of drug-likeness (QED) is 0.821. The topological polar surface area (TPSA) is 85.8 Å². The molecule has 3 heterocycles. The average Bonchev–Trinajstić information content (AvgIpc) is 3.16. The van der Waals surface area contributed by atoms with Crippen molar-refractivity contribution < 1.29 is 19.0 Å². The van der Waals surface area contributed by atoms with E-state index in [-0.39, 0.29) is 0 Å². The zero-order valence-electron chi connectivity index (χ0n) is 15.2. The average molecular weight is 370 g/mol. The van der Waals surface area contributed by atoms with Crippen molar-refractivity contribution in [3.8, 4) is 0 Å². The molecule has 142 valence electrons. The lowest BCUT2D eigenvalue weighted by atomic mass is 10.0. The molecule has 0 saturated carbocycles. The van der Waals surface area contributed by atoms with Crippen LogP contribution in [0.1, 0.15) is 23.2 Å². The van der Waals surface area contributed by atoms with Crippen LogP contribution >= 0.6 is 0 Å². The fraction of sp³-hybridized carbons (Fsp3) is 0.421. The first-order valence-corrected chi connectivity index (χ1v) is 8.98. The third-order valence-corrected chi connectivity index (χ3v) is 4.91. The van der Waals surface area contributed by atoms with Crippen molar-refractivity contribution in [2.45, 2.75) is 18.6 Å². The van der Waals surface area contributed by atoms with Crippen molar-refractivity contribution in [2.24, 2.45) is 0 Å². The van der Waals surface area contributed by atoms with E-state index in [1.165, 1.54) is 13.4 Å². The monoisotopic (exact) mass is 370 g/mol. The number of esters is 1. The standard InChI is InChI=1S/C19H22N4O4/c1-25-18(24)14-4-2-3-5-15(14)22-16-12-17(21-13-20-16)23-8-6-19(7-9-23)26-10-11-27-19/h2-5,12-13H,6-11H2,1H3,(H,20,21,22). The van der Waals surface area contributed by atoms with Gasteiger partial charge in [0.25, 0.3) is 0 Å². The lowest BCUT2D eigenvalue weighted by molar-refractivity contribution is -0.169. The molecule has 0 bridgehead atoms. The molecular formula is C19H22N4O4. The summed E-state index contributed by atoms with van der Waals surface area (Å²) in [5.74, 6) is 0.635. The highest BCUT2D eigenvalue weighted by molar-refractivity contribution is 5.96. The zero-order chi connectivity index (χ0) is 18.7. The van der Waals surface area contributed by atoms with Crippen molar-refractivity contribution in [1.29, 1.82) is 0 Å². The Morgan fingerprint density at radius 1 is 1.19 bits per heavy atom. The second-order valence-electron chi connectivity index (χ2n) is 6.52. The van der Waals surface area contributed by atoms with E-state index in [4.69, 9.17) is 14.2 Å². The number of methoxy groups -OCH3 is 1. The highest BCUT2D eigenvalue weighted by Gasteiger charge is 2.40. The Labute approximate surface area is 157 Å². The molecule has 0 radical (unpaired) electrons. The smallest absolute Gasteiger partial charge is 0.339 e. The predicted molar refractivity (Wildman–Crippen MR) is 99.2 cm³/mol. The van der Waals surface area contributed by atoms with Crippen LogP contribution < -0.4 is 10.2 Å². The molecule has 0 amide bonds. The van der Waals surface area contributed by atoms with Crippen molar-refractivity contribution >= 4 is 23.3 Å². The van der Waals surface area contributed by atoms with Crippen LogP contribution in [0.2, 0.25) is 0 Å². The first-order chi connectivity index (χ1) is 13.2. The third kappa shape index (κ3) is 3.72. The van der Waals surface area contributed by atoms with Crippen LogP contribution in [0.4, 0.5) is 17.3 Å². The summed E-state index contributed by atoms with van der Waals surface area (Å²) in [6.07, 6.45) is 3.14. The number of hydrogen-bond donors (Lipinski definition) is 1. The van der Waals surface area contributed by atoms with Gasteiger partial charge in [0.2, 0.25) is 0 Å². The molecule has 2 aliphatic rings. The van der Waals surface area contributed by atoms with E-state index in [1.807, 2.05) is 18.2 Å². The number of ether oxygens (including phenoxy) is 3. The molecule has 2 fully saturated rings. The third-order valence-electron chi connectivity index (χ3n) is 4.91. The first-order valence-electron chi connectivity index (χ1n) is 8.98. The van der Waals surface area contributed by atoms with Gasteiger partial charge in [-0.25, -0.2) is 14.8 Å². The van der Waals surface area contributed by atoms with Gasteiger partial charge >= 0.3 is 5.97 Å². The molecule has 1 spiro atoms. The molecule has 8 heteroatoms. The zero-order valence-corrected chi connectivity index (χ0v) is 15.2. The summed E-state index contributed by atoms with van der Waals surface area (Å²) in [6.45, 7) is 2.94. The van der Waals surface area contributed by atoms with Crippen LogP contribution in [0.15, 0.2) is 36.7 Å². The summed E-state index contributed by atoms with van der Waals surface area (Å²) in [4.78, 5) is 22.8. The maximum atomic E-state index is 11.9. The van der Waals surface area contributed by atoms with Gasteiger partial charge in [0.15, 0.2) is 5.79 Å². The van der Waals surface area contributed by atoms with Gasteiger partial charge in [-0.05, 0) is 12.1 Å². The molecule has 2 aliphatic heterocycles. The molecule has 1 N–H and O–H groups in total. The Morgan fingerprint density at radius 3 is 2.67 bits per heavy atom. The minimum absolute atomic E-state index is 0.398. The van der Waals surface area contributed by atoms with E-state index in [0.717, 1.165) is 31.7 Å². The van der Waals surface area contributed by atoms with Crippen LogP contribution in [-0.2, 0) is 14.2 Å². The van der Waals surface area contributed by atoms with Crippen LogP contribution in [-0.4, -0.2) is 55.1 Å². The van der Waals surface area contributed by atoms with E-state index in [0.29, 0.717) is 30.3 Å². The number of anilines is 3. The number of carbonyl (C=O) groups excluding carboxylic acids is 1. The SMILES string of the molecule is COC(=O)c1ccccc1Nc1cc(N2CCC3(CC2)OCCO3)ncn1. The van der Waals surface area contributed by atoms with E-state index < -0.39 is 11.8 Å². The van der Waals surface area contributed by atoms with Gasteiger partial charge in [0, 0.05) is 32.0 Å². The maximum absolute atomic E-state index is 11.9. The molecule has 4 rings (SSSR count). The van der Waals surface area contributed by atoms with E-state index in [1.54, 1.807) is 12.1 Å². The highest BCUT2D eigenvalue weighted by Crippen LogP contribution is 2.33. The summed E-state index contributed by atoms with van der Waals surface area (Å²) in [5.41, 5.74) is 1.09. The van der Waals surface area contributed by atoms with Gasteiger partial charge < -0.3 is 24.4 Å². The minimum atomic E-state index is -0.413. The molecule has 2 saturated heterocycles. The fourth-order valence-corrected chi connectivity index (χ4v) is 3.47. The van der Waals surface area contributed by atoms with Crippen LogP contribution in [0.25, 0.3) is 0 Å². The summed E-state index contributed by atoms with van der Waals surface area (Å²) in [5, 5.41) is 3.19. The number of benzene rings is 1. The number of hydrogen-bond acceptors (Lipinski definition) is 8. The largest absolute Gasteiger partial charge is 0.465 e. The molecular weight excluding hydrogens is 348 g/mol. The van der Waals surface area contributed by atoms with Crippen LogP contribution in [0, 0.1) is 0 Å². The number of aromatic nitrogens is 2. The molecule has 1 aromatic carbocycles. The van der Waals surface area contributed by atoms with E-state index >= 15 is 0 Å². The number of nitrogens with one attached hydrogen (secondary N) is 1. The summed E-state index contributed by atoms with van der Waals surface area (Å²) >= 11 is 0. The van der Waals surface area contributed by atoms with Crippen molar-refractivity contribution in [2.75, 3.05) is 43.6 Å². The van der Waals surface area contributed by atoms with Gasteiger partial charge in [0.05, 0.1) is 31.6 Å². The Hall–Kier alpha value is -2.71. The fourth-order valence-electron chi connectivity index (χ4n) is 3.47. The second-order valence-corrected chi connectivity index (χ2v) is 6.52. The van der Waals surface area contributed by atoms with Gasteiger partial charge in [-0.2, -0.15) is 0 Å². The Kier molecular flexibility index (Phi) is 4.91. The van der Waals surface area contributed by atoms with E-state index in [9.17, 15) is 4.79 Å². The molecule has 27 heavy (non-hydrogen) atoms. The Balaban J connectivity index is 1.48. The lowest BCUT2D eigenvalue weighted by Gasteiger charge is -2.38. The molecule has 1 aromatic heterocycles. The number of para-hydroxylation sites is 1. The molecule has 2 aromatic rings. The van der Waals surface area contributed by atoms with Crippen molar-refractivity contribution in [3.63, 3.8) is 0 Å². The summed E-state index contributed by atoms with van der Waals surface area (Å²) < 4.78 is 16.4. The summed E-state index contributed by atoms with van der Waals surface area (Å²) in [7, 11) is 1.36.